The lowest BCUT2D eigenvalue weighted by Crippen LogP contribution is -2.24. The van der Waals surface area contributed by atoms with Crippen LogP contribution in [0.4, 0.5) is 0 Å². The average Bonchev–Trinajstić information content (AvgIpc) is 2.81. The van der Waals surface area contributed by atoms with Crippen LogP contribution in [0.25, 0.3) is 0 Å². The molecule has 0 N–H and O–H groups in total. The highest BCUT2D eigenvalue weighted by Gasteiger charge is 2.18. The summed E-state index contributed by atoms with van der Waals surface area (Å²) in [6, 6.07) is 1.92. The molecular formula is C15H30N4O. The van der Waals surface area contributed by atoms with E-state index in [0.717, 1.165) is 31.7 Å². The molecule has 20 heavy (non-hydrogen) atoms. The molecular weight excluding hydrogens is 252 g/mol. The summed E-state index contributed by atoms with van der Waals surface area (Å²) in [6.07, 6.45) is 0.963. The number of rotatable bonds is 1. The fraction of sp³-hybridized carbons (Fsp3) is 0.733. The van der Waals surface area contributed by atoms with E-state index in [1.165, 1.54) is 0 Å². The van der Waals surface area contributed by atoms with E-state index in [0.29, 0.717) is 5.69 Å². The summed E-state index contributed by atoms with van der Waals surface area (Å²) >= 11 is 0. The number of carbonyl (C=O) groups is 1. The number of hydrogen-bond acceptors (Lipinski definition) is 3. The molecule has 0 bridgehead atoms. The van der Waals surface area contributed by atoms with Crippen LogP contribution in [-0.4, -0.2) is 59.7 Å². The summed E-state index contributed by atoms with van der Waals surface area (Å²) in [4.78, 5) is 15.6. The van der Waals surface area contributed by atoms with Crippen LogP contribution in [0.5, 0.6) is 0 Å². The zero-order valence-electron chi connectivity index (χ0n) is 14.1. The van der Waals surface area contributed by atoms with Gasteiger partial charge in [0.05, 0.1) is 6.54 Å². The molecule has 2 rings (SSSR count). The van der Waals surface area contributed by atoms with Gasteiger partial charge in [-0.05, 0) is 13.1 Å². The molecule has 2 heterocycles. The largest absolute Gasteiger partial charge is 0.343 e. The maximum Gasteiger partial charge on any atom is 0.273 e. The van der Waals surface area contributed by atoms with Gasteiger partial charge in [0.15, 0.2) is 5.69 Å². The minimum absolute atomic E-state index is 0.0195. The van der Waals surface area contributed by atoms with Crippen LogP contribution in [0, 0.1) is 0 Å². The van der Waals surface area contributed by atoms with Gasteiger partial charge in [0.2, 0.25) is 0 Å². The van der Waals surface area contributed by atoms with Crippen LogP contribution in [-0.2, 0) is 13.0 Å². The number of carbonyl (C=O) groups excluding carboxylic acids is 1. The van der Waals surface area contributed by atoms with Gasteiger partial charge in [-0.3, -0.25) is 9.48 Å². The summed E-state index contributed by atoms with van der Waals surface area (Å²) in [5.41, 5.74) is 1.72. The van der Waals surface area contributed by atoms with Crippen molar-refractivity contribution in [3.8, 4) is 0 Å². The van der Waals surface area contributed by atoms with Crippen molar-refractivity contribution in [3.63, 3.8) is 0 Å². The summed E-state index contributed by atoms with van der Waals surface area (Å²) in [5.74, 6) is -0.0195. The van der Waals surface area contributed by atoms with Gasteiger partial charge in [0, 0.05) is 39.3 Å². The summed E-state index contributed by atoms with van der Waals surface area (Å²) in [5, 5.41) is 4.37. The van der Waals surface area contributed by atoms with E-state index in [1.807, 2.05) is 38.4 Å². The molecule has 1 aliphatic rings. The lowest BCUT2D eigenvalue weighted by molar-refractivity contribution is 0.0821. The Labute approximate surface area is 123 Å². The Bertz CT molecular complexity index is 373. The standard InChI is InChI=1S/C11H18N4O.2C2H6/c1-13(2)11(16)10-8-9-4-5-14(3)6-7-15(9)12-10;2*1-2/h8H,4-7H2,1-3H3;2*1-2H3. The number of fused-ring (bicyclic) bond motifs is 1. The summed E-state index contributed by atoms with van der Waals surface area (Å²) in [7, 11) is 5.61. The van der Waals surface area contributed by atoms with Crippen molar-refractivity contribution in [2.24, 2.45) is 0 Å². The topological polar surface area (TPSA) is 41.4 Å². The van der Waals surface area contributed by atoms with Crippen molar-refractivity contribution >= 4 is 5.91 Å². The van der Waals surface area contributed by atoms with Gasteiger partial charge in [0.1, 0.15) is 0 Å². The Morgan fingerprint density at radius 1 is 1.15 bits per heavy atom. The molecule has 116 valence electrons. The highest BCUT2D eigenvalue weighted by molar-refractivity contribution is 5.92. The molecule has 0 fully saturated rings. The monoisotopic (exact) mass is 282 g/mol. The normalized spacial score (nSPS) is 13.9. The predicted octanol–water partition coefficient (Wildman–Crippen LogP) is 2.13. The van der Waals surface area contributed by atoms with Crippen LogP contribution >= 0.6 is 0 Å². The first kappa shape index (κ1) is 18.6. The molecule has 5 nitrogen and oxygen atoms in total. The molecule has 0 saturated carbocycles. The maximum absolute atomic E-state index is 11.8. The molecule has 0 radical (unpaired) electrons. The van der Waals surface area contributed by atoms with Crippen LogP contribution in [0.3, 0.4) is 0 Å². The number of likely N-dealkylation sites (N-methyl/N-ethyl adjacent to an activating group) is 1. The quantitative estimate of drug-likeness (QED) is 0.792. The predicted molar refractivity (Wildman–Crippen MR) is 84.1 cm³/mol. The fourth-order valence-corrected chi connectivity index (χ4v) is 1.87. The van der Waals surface area contributed by atoms with E-state index in [2.05, 4.69) is 17.0 Å². The number of nitrogens with zero attached hydrogens (tertiary/aromatic N) is 4. The van der Waals surface area contributed by atoms with E-state index in [9.17, 15) is 4.79 Å². The lowest BCUT2D eigenvalue weighted by Gasteiger charge is -2.11. The molecule has 1 aromatic heterocycles. The van der Waals surface area contributed by atoms with Gasteiger partial charge in [-0.25, -0.2) is 0 Å². The molecule has 0 spiro atoms. The second-order valence-corrected chi connectivity index (χ2v) is 4.50. The highest BCUT2D eigenvalue weighted by atomic mass is 16.2. The third kappa shape index (κ3) is 4.96. The van der Waals surface area contributed by atoms with E-state index in [-0.39, 0.29) is 5.91 Å². The highest BCUT2D eigenvalue weighted by Crippen LogP contribution is 2.10. The summed E-state index contributed by atoms with van der Waals surface area (Å²) in [6.45, 7) is 10.9. The fourth-order valence-electron chi connectivity index (χ4n) is 1.87. The molecule has 0 aliphatic carbocycles. The van der Waals surface area contributed by atoms with E-state index >= 15 is 0 Å². The van der Waals surface area contributed by atoms with Crippen LogP contribution < -0.4 is 0 Å². The SMILES string of the molecule is CC.CC.CN1CCc2cc(C(=O)N(C)C)nn2CC1. The van der Waals surface area contributed by atoms with Crippen molar-refractivity contribution in [1.29, 1.82) is 0 Å². The molecule has 1 aromatic rings. The third-order valence-corrected chi connectivity index (χ3v) is 2.93. The van der Waals surface area contributed by atoms with Crippen molar-refractivity contribution < 1.29 is 4.79 Å². The van der Waals surface area contributed by atoms with Crippen molar-refractivity contribution in [1.82, 2.24) is 19.6 Å². The van der Waals surface area contributed by atoms with Crippen molar-refractivity contribution in [2.75, 3.05) is 34.2 Å². The Morgan fingerprint density at radius 3 is 2.30 bits per heavy atom. The van der Waals surface area contributed by atoms with Gasteiger partial charge in [-0.1, -0.05) is 27.7 Å². The van der Waals surface area contributed by atoms with Gasteiger partial charge in [-0.2, -0.15) is 5.10 Å². The number of aromatic nitrogens is 2. The molecule has 5 heteroatoms. The minimum Gasteiger partial charge on any atom is -0.343 e. The van der Waals surface area contributed by atoms with E-state index in [1.54, 1.807) is 19.0 Å². The van der Waals surface area contributed by atoms with E-state index < -0.39 is 0 Å². The first-order valence-electron chi connectivity index (χ1n) is 7.55. The second-order valence-electron chi connectivity index (χ2n) is 4.50. The second kappa shape index (κ2) is 9.53. The number of amides is 1. The van der Waals surface area contributed by atoms with Crippen LogP contribution in [0.15, 0.2) is 6.07 Å². The van der Waals surface area contributed by atoms with Crippen LogP contribution in [0.2, 0.25) is 0 Å². The molecule has 0 atom stereocenters. The zero-order valence-corrected chi connectivity index (χ0v) is 14.1. The zero-order chi connectivity index (χ0) is 15.7. The Balaban J connectivity index is 0.000000829. The smallest absolute Gasteiger partial charge is 0.273 e. The van der Waals surface area contributed by atoms with E-state index in [4.69, 9.17) is 0 Å². The third-order valence-electron chi connectivity index (χ3n) is 2.93. The number of hydrogen-bond donors (Lipinski definition) is 0. The molecule has 1 amide bonds. The first-order chi connectivity index (χ1) is 9.58. The first-order valence-corrected chi connectivity index (χ1v) is 7.55. The lowest BCUT2D eigenvalue weighted by atomic mass is 10.2. The molecule has 1 aliphatic heterocycles. The Hall–Kier alpha value is -1.36. The van der Waals surface area contributed by atoms with Crippen molar-refractivity contribution in [3.05, 3.63) is 17.5 Å². The Kier molecular flexibility index (Phi) is 8.88. The Morgan fingerprint density at radius 2 is 1.75 bits per heavy atom. The van der Waals surface area contributed by atoms with Gasteiger partial charge in [-0.15, -0.1) is 0 Å². The van der Waals surface area contributed by atoms with Gasteiger partial charge >= 0.3 is 0 Å². The molecule has 0 unspecified atom stereocenters. The average molecular weight is 282 g/mol. The van der Waals surface area contributed by atoms with Gasteiger partial charge in [0.25, 0.3) is 5.91 Å². The van der Waals surface area contributed by atoms with Crippen LogP contribution in [0.1, 0.15) is 43.9 Å². The summed E-state index contributed by atoms with van der Waals surface area (Å²) < 4.78 is 1.96. The minimum atomic E-state index is -0.0195. The molecule has 0 saturated heterocycles. The van der Waals surface area contributed by atoms with Crippen molar-refractivity contribution in [2.45, 2.75) is 40.7 Å². The maximum atomic E-state index is 11.8. The van der Waals surface area contributed by atoms with Gasteiger partial charge < -0.3 is 9.80 Å². The molecule has 0 aromatic carbocycles.